The molecule has 2 amide bonds. The van der Waals surface area contributed by atoms with Gasteiger partial charge in [-0.05, 0) is 35.1 Å². The number of pyridine rings is 1. The van der Waals surface area contributed by atoms with Crippen molar-refractivity contribution in [2.75, 3.05) is 0 Å². The van der Waals surface area contributed by atoms with Crippen LogP contribution < -0.4 is 5.56 Å². The Hall–Kier alpha value is -4.25. The number of hydrogen-bond donors (Lipinski definition) is 0. The molecule has 4 aromatic rings. The van der Waals surface area contributed by atoms with Gasteiger partial charge in [-0.2, -0.15) is 0 Å². The lowest BCUT2D eigenvalue weighted by Crippen LogP contribution is -2.31. The van der Waals surface area contributed by atoms with Gasteiger partial charge in [-0.25, -0.2) is 0 Å². The van der Waals surface area contributed by atoms with Crippen molar-refractivity contribution in [3.8, 4) is 16.8 Å². The van der Waals surface area contributed by atoms with Gasteiger partial charge in [-0.15, -0.1) is 0 Å². The number of fused-ring (bicyclic) bond motifs is 1. The number of nitrogens with zero attached hydrogens (tertiary/aromatic N) is 2. The van der Waals surface area contributed by atoms with E-state index in [0.717, 1.165) is 22.3 Å². The third-order valence-corrected chi connectivity index (χ3v) is 6.62. The summed E-state index contributed by atoms with van der Waals surface area (Å²) in [4.78, 5) is 42.7. The molecule has 180 valence electrons. The largest absolute Gasteiger partial charge is 0.278 e. The number of para-hydroxylation sites is 1. The molecule has 0 aliphatic carbocycles. The number of hydrogen-bond acceptors (Lipinski definition) is 3. The molecule has 1 aliphatic heterocycles. The van der Waals surface area contributed by atoms with E-state index in [1.54, 1.807) is 0 Å². The molecule has 0 bridgehead atoms. The van der Waals surface area contributed by atoms with E-state index in [9.17, 15) is 14.4 Å². The first-order valence-corrected chi connectivity index (χ1v) is 12.0. The molecule has 0 fully saturated rings. The van der Waals surface area contributed by atoms with Gasteiger partial charge in [-0.1, -0.05) is 99.1 Å². The average Bonchev–Trinajstić information content (AvgIpc) is 3.09. The first-order valence-electron chi connectivity index (χ1n) is 12.0. The molecule has 5 rings (SSSR count). The lowest BCUT2D eigenvalue weighted by Gasteiger charge is -2.24. The van der Waals surface area contributed by atoms with Crippen LogP contribution in [0.1, 0.15) is 58.3 Å². The monoisotopic (exact) mass is 476 g/mol. The predicted octanol–water partition coefficient (Wildman–Crippen LogP) is 5.91. The molecule has 5 heteroatoms. The number of aryl methyl sites for hydroxylation is 1. The molecular weight excluding hydrogens is 448 g/mol. The first kappa shape index (κ1) is 23.5. The van der Waals surface area contributed by atoms with Crippen molar-refractivity contribution < 1.29 is 9.59 Å². The lowest BCUT2D eigenvalue weighted by molar-refractivity contribution is 0.0639. The van der Waals surface area contributed by atoms with Gasteiger partial charge in [-0.3, -0.25) is 23.9 Å². The third kappa shape index (κ3) is 3.97. The Labute approximate surface area is 210 Å². The zero-order valence-corrected chi connectivity index (χ0v) is 20.9. The molecule has 3 aromatic carbocycles. The molecule has 1 aliphatic rings. The predicted molar refractivity (Wildman–Crippen MR) is 142 cm³/mol. The SMILES string of the molecule is Cc1ccc(-c2cc(=O)n(-c3ccccc3C(C)(C)C)c3c2C(=O)N(Cc2ccccc2)C3=O)cc1. The van der Waals surface area contributed by atoms with E-state index in [2.05, 4.69) is 20.8 Å². The summed E-state index contributed by atoms with van der Waals surface area (Å²) in [7, 11) is 0. The Morgan fingerprint density at radius 2 is 1.39 bits per heavy atom. The van der Waals surface area contributed by atoms with Crippen molar-refractivity contribution >= 4 is 11.8 Å². The molecular formula is C31H28N2O3. The van der Waals surface area contributed by atoms with Crippen LogP contribution in [0.25, 0.3) is 16.8 Å². The summed E-state index contributed by atoms with van der Waals surface area (Å²) in [6.45, 7) is 8.30. The molecule has 5 nitrogen and oxygen atoms in total. The van der Waals surface area contributed by atoms with E-state index in [-0.39, 0.29) is 28.8 Å². The zero-order valence-electron chi connectivity index (χ0n) is 20.9. The average molecular weight is 477 g/mol. The quantitative estimate of drug-likeness (QED) is 0.344. The van der Waals surface area contributed by atoms with Crippen molar-refractivity contribution in [2.24, 2.45) is 0 Å². The van der Waals surface area contributed by atoms with Crippen LogP contribution in [0.3, 0.4) is 0 Å². The second-order valence-corrected chi connectivity index (χ2v) is 10.3. The normalized spacial score (nSPS) is 13.3. The zero-order chi connectivity index (χ0) is 25.6. The topological polar surface area (TPSA) is 59.4 Å². The van der Waals surface area contributed by atoms with E-state index < -0.39 is 11.8 Å². The molecule has 0 saturated heterocycles. The van der Waals surface area contributed by atoms with Gasteiger partial charge in [0.25, 0.3) is 17.4 Å². The van der Waals surface area contributed by atoms with Crippen LogP contribution in [0.5, 0.6) is 0 Å². The van der Waals surface area contributed by atoms with E-state index >= 15 is 0 Å². The molecule has 0 spiro atoms. The molecule has 36 heavy (non-hydrogen) atoms. The summed E-state index contributed by atoms with van der Waals surface area (Å²) < 4.78 is 1.43. The highest BCUT2D eigenvalue weighted by Crippen LogP contribution is 2.36. The van der Waals surface area contributed by atoms with Gasteiger partial charge in [0, 0.05) is 11.6 Å². The van der Waals surface area contributed by atoms with Gasteiger partial charge < -0.3 is 0 Å². The fraction of sp³-hybridized carbons (Fsp3) is 0.194. The maximum atomic E-state index is 13.9. The fourth-order valence-corrected chi connectivity index (χ4v) is 4.80. The smallest absolute Gasteiger partial charge is 0.271 e. The van der Waals surface area contributed by atoms with Gasteiger partial charge in [0.15, 0.2) is 0 Å². The Morgan fingerprint density at radius 3 is 2.06 bits per heavy atom. The highest BCUT2D eigenvalue weighted by atomic mass is 16.2. The minimum absolute atomic E-state index is 0.121. The maximum Gasteiger partial charge on any atom is 0.278 e. The number of benzene rings is 3. The van der Waals surface area contributed by atoms with E-state index in [0.29, 0.717) is 11.3 Å². The number of carbonyl (C=O) groups is 2. The minimum Gasteiger partial charge on any atom is -0.271 e. The van der Waals surface area contributed by atoms with Crippen molar-refractivity contribution in [2.45, 2.75) is 39.7 Å². The standard InChI is InChI=1S/C31H28N2O3/c1-20-14-16-22(17-15-20)23-18-26(34)33(25-13-9-8-12-24(25)31(2,3)4)28-27(23)29(35)32(30(28)36)19-21-10-6-5-7-11-21/h5-18H,19H2,1-4H3. The van der Waals surface area contributed by atoms with Gasteiger partial charge in [0.2, 0.25) is 0 Å². The van der Waals surface area contributed by atoms with Crippen LogP contribution in [-0.4, -0.2) is 21.3 Å². The van der Waals surface area contributed by atoms with Gasteiger partial charge >= 0.3 is 0 Å². The van der Waals surface area contributed by atoms with E-state index in [1.807, 2.05) is 85.8 Å². The molecule has 1 aromatic heterocycles. The highest BCUT2D eigenvalue weighted by Gasteiger charge is 2.41. The van der Waals surface area contributed by atoms with Crippen LogP contribution >= 0.6 is 0 Å². The molecule has 0 radical (unpaired) electrons. The van der Waals surface area contributed by atoms with Gasteiger partial charge in [0.1, 0.15) is 5.69 Å². The Balaban J connectivity index is 1.79. The Morgan fingerprint density at radius 1 is 0.750 bits per heavy atom. The maximum absolute atomic E-state index is 13.9. The first-order chi connectivity index (χ1) is 17.2. The number of aromatic nitrogens is 1. The summed E-state index contributed by atoms with van der Waals surface area (Å²) in [5, 5.41) is 0. The molecule has 0 saturated carbocycles. The fourth-order valence-electron chi connectivity index (χ4n) is 4.80. The lowest BCUT2D eigenvalue weighted by atomic mass is 9.85. The number of carbonyl (C=O) groups excluding carboxylic acids is 2. The molecule has 0 atom stereocenters. The summed E-state index contributed by atoms with van der Waals surface area (Å²) in [5.74, 6) is -0.856. The van der Waals surface area contributed by atoms with Crippen molar-refractivity contribution in [1.29, 1.82) is 0 Å². The second-order valence-electron chi connectivity index (χ2n) is 10.3. The van der Waals surface area contributed by atoms with E-state index in [4.69, 9.17) is 0 Å². The second kappa shape index (κ2) is 8.76. The Kier molecular flexibility index (Phi) is 5.71. The van der Waals surface area contributed by atoms with Crippen LogP contribution in [0, 0.1) is 6.92 Å². The van der Waals surface area contributed by atoms with Crippen molar-refractivity contribution in [1.82, 2.24) is 9.47 Å². The molecule has 0 unspecified atom stereocenters. The van der Waals surface area contributed by atoms with Crippen LogP contribution in [0.2, 0.25) is 0 Å². The van der Waals surface area contributed by atoms with Crippen molar-refractivity contribution in [3.05, 3.63) is 123 Å². The van der Waals surface area contributed by atoms with Crippen LogP contribution in [0.15, 0.2) is 89.7 Å². The molecule has 0 N–H and O–H groups in total. The van der Waals surface area contributed by atoms with E-state index in [1.165, 1.54) is 15.5 Å². The van der Waals surface area contributed by atoms with Gasteiger partial charge in [0.05, 0.1) is 17.8 Å². The molecule has 2 heterocycles. The summed E-state index contributed by atoms with van der Waals surface area (Å²) in [6, 6.07) is 26.1. The number of rotatable bonds is 4. The van der Waals surface area contributed by atoms with Crippen LogP contribution in [-0.2, 0) is 12.0 Å². The Bertz CT molecular complexity index is 1540. The minimum atomic E-state index is -0.464. The summed E-state index contributed by atoms with van der Waals surface area (Å²) >= 11 is 0. The summed E-state index contributed by atoms with van der Waals surface area (Å²) in [6.07, 6.45) is 0. The highest BCUT2D eigenvalue weighted by molar-refractivity contribution is 6.23. The van der Waals surface area contributed by atoms with Crippen LogP contribution in [0.4, 0.5) is 0 Å². The number of amides is 2. The van der Waals surface area contributed by atoms with Crippen molar-refractivity contribution in [3.63, 3.8) is 0 Å². The third-order valence-electron chi connectivity index (χ3n) is 6.62. The summed E-state index contributed by atoms with van der Waals surface area (Å²) in [5.41, 5.74) is 4.41. The number of imide groups is 1.